The highest BCUT2D eigenvalue weighted by Gasteiger charge is 2.37. The van der Waals surface area contributed by atoms with Crippen LogP contribution in [0, 0.1) is 0 Å². The average molecular weight is 364 g/mol. The van der Waals surface area contributed by atoms with Crippen molar-refractivity contribution in [3.63, 3.8) is 0 Å². The van der Waals surface area contributed by atoms with Crippen molar-refractivity contribution >= 4 is 13.6 Å². The molecule has 0 bridgehead atoms. The van der Waals surface area contributed by atoms with Crippen molar-refractivity contribution < 1.29 is 27.9 Å². The smallest absolute Gasteiger partial charge is 0.370 e. The van der Waals surface area contributed by atoms with Crippen LogP contribution in [0.25, 0.3) is 0 Å². The Bertz CT molecular complexity index is 721. The molecule has 2 aromatic rings. The van der Waals surface area contributed by atoms with Gasteiger partial charge < -0.3 is 18.5 Å². The summed E-state index contributed by atoms with van der Waals surface area (Å²) in [5.41, 5.74) is 1.17. The second-order valence-electron chi connectivity index (χ2n) is 5.18. The Labute approximate surface area is 147 Å². The summed E-state index contributed by atoms with van der Waals surface area (Å²) in [5, 5.41) is 0. The molecule has 2 aromatic carbocycles. The van der Waals surface area contributed by atoms with Crippen LogP contribution in [0.1, 0.15) is 15.9 Å². The molecule has 6 nitrogen and oxygen atoms in total. The Kier molecular flexibility index (Phi) is 6.76. The Hall–Kier alpha value is -2.14. The molecule has 0 aliphatic rings. The second kappa shape index (κ2) is 8.81. The molecule has 25 heavy (non-hydrogen) atoms. The molecule has 0 saturated heterocycles. The predicted molar refractivity (Wildman–Crippen MR) is 94.0 cm³/mol. The molecular formula is C18H21O6P. The summed E-state index contributed by atoms with van der Waals surface area (Å²) in [4.78, 5) is 12.3. The summed E-state index contributed by atoms with van der Waals surface area (Å²) in [6.45, 7) is 0. The van der Waals surface area contributed by atoms with Crippen LogP contribution in [0.15, 0.2) is 54.6 Å². The lowest BCUT2D eigenvalue weighted by Gasteiger charge is -2.24. The van der Waals surface area contributed by atoms with Crippen LogP contribution in [0.4, 0.5) is 0 Å². The van der Waals surface area contributed by atoms with E-state index >= 15 is 0 Å². The fraction of sp³-hybridized carbons (Fsp3) is 0.278. The van der Waals surface area contributed by atoms with Crippen LogP contribution in [0.3, 0.4) is 0 Å². The summed E-state index contributed by atoms with van der Waals surface area (Å²) < 4.78 is 33.4. The normalized spacial score (nSPS) is 12.4. The molecule has 0 aliphatic heterocycles. The highest BCUT2D eigenvalue weighted by molar-refractivity contribution is 7.54. The molecular weight excluding hydrogens is 343 g/mol. The average Bonchev–Trinajstić information content (AvgIpc) is 2.68. The number of benzene rings is 2. The van der Waals surface area contributed by atoms with Gasteiger partial charge in [-0.05, 0) is 29.8 Å². The van der Waals surface area contributed by atoms with Gasteiger partial charge in [0.1, 0.15) is 5.75 Å². The highest BCUT2D eigenvalue weighted by atomic mass is 31.2. The lowest BCUT2D eigenvalue weighted by molar-refractivity contribution is 0.0385. The summed E-state index contributed by atoms with van der Waals surface area (Å²) in [5.74, 6) is -0.958. The van der Waals surface area contributed by atoms with E-state index in [4.69, 9.17) is 18.5 Å². The molecule has 0 spiro atoms. The number of hydrogen-bond donors (Lipinski definition) is 0. The van der Waals surface area contributed by atoms with E-state index in [1.54, 1.807) is 61.7 Å². The van der Waals surface area contributed by atoms with Crippen molar-refractivity contribution in [2.24, 2.45) is 0 Å². The molecule has 1 atom stereocenters. The minimum Gasteiger partial charge on any atom is -0.497 e. The Morgan fingerprint density at radius 2 is 1.56 bits per heavy atom. The fourth-order valence-electron chi connectivity index (χ4n) is 2.26. The zero-order valence-electron chi connectivity index (χ0n) is 14.4. The van der Waals surface area contributed by atoms with Gasteiger partial charge in [0, 0.05) is 20.6 Å². The first-order chi connectivity index (χ1) is 12.0. The van der Waals surface area contributed by atoms with Gasteiger partial charge in [0.05, 0.1) is 12.7 Å². The number of rotatable bonds is 8. The van der Waals surface area contributed by atoms with Crippen LogP contribution < -0.4 is 4.74 Å². The largest absolute Gasteiger partial charge is 0.497 e. The number of hydrogen-bond acceptors (Lipinski definition) is 6. The van der Waals surface area contributed by atoms with Crippen molar-refractivity contribution in [3.05, 3.63) is 65.7 Å². The number of carbonyl (C=O) groups is 1. The lowest BCUT2D eigenvalue weighted by atomic mass is 10.1. The van der Waals surface area contributed by atoms with Gasteiger partial charge in [-0.15, -0.1) is 0 Å². The fourth-order valence-corrected chi connectivity index (χ4v) is 3.54. The molecule has 2 rings (SSSR count). The molecule has 0 radical (unpaired) electrons. The number of methoxy groups -OCH3 is 1. The Balaban J connectivity index is 2.23. The van der Waals surface area contributed by atoms with Gasteiger partial charge in [-0.3, -0.25) is 4.57 Å². The SMILES string of the molecule is COc1ccc(C[C@@H](OC(=O)c2ccccc2)P(=O)(OC)OC)cc1. The van der Waals surface area contributed by atoms with Gasteiger partial charge in [-0.2, -0.15) is 0 Å². The molecule has 0 heterocycles. The highest BCUT2D eigenvalue weighted by Crippen LogP contribution is 2.53. The monoisotopic (exact) mass is 364 g/mol. The lowest BCUT2D eigenvalue weighted by Crippen LogP contribution is -2.22. The van der Waals surface area contributed by atoms with Crippen molar-refractivity contribution in [2.45, 2.75) is 12.3 Å². The maximum atomic E-state index is 12.8. The van der Waals surface area contributed by atoms with Gasteiger partial charge in [-0.1, -0.05) is 30.3 Å². The van der Waals surface area contributed by atoms with E-state index < -0.39 is 19.4 Å². The molecule has 7 heteroatoms. The first-order valence-corrected chi connectivity index (χ1v) is 9.23. The maximum absolute atomic E-state index is 12.8. The summed E-state index contributed by atoms with van der Waals surface area (Å²) >= 11 is 0. The summed E-state index contributed by atoms with van der Waals surface area (Å²) in [6.07, 6.45) is 0.182. The number of ether oxygens (including phenoxy) is 2. The molecule has 134 valence electrons. The van der Waals surface area contributed by atoms with Gasteiger partial charge in [0.15, 0.2) is 0 Å². The van der Waals surface area contributed by atoms with Crippen LogP contribution in [0.2, 0.25) is 0 Å². The van der Waals surface area contributed by atoms with E-state index in [9.17, 15) is 9.36 Å². The molecule has 0 fully saturated rings. The standard InChI is InChI=1S/C18H21O6P/c1-21-16-11-9-14(10-12-16)13-17(25(20,22-2)23-3)24-18(19)15-7-5-4-6-8-15/h4-12,17H,13H2,1-3H3/t17-/m0/s1. The molecule has 0 N–H and O–H groups in total. The molecule has 0 aliphatic carbocycles. The van der Waals surface area contributed by atoms with Gasteiger partial charge >= 0.3 is 13.6 Å². The summed E-state index contributed by atoms with van der Waals surface area (Å²) in [6, 6.07) is 15.6. The zero-order chi connectivity index (χ0) is 18.3. The van der Waals surface area contributed by atoms with Crippen LogP contribution in [-0.4, -0.2) is 33.1 Å². The topological polar surface area (TPSA) is 71.1 Å². The van der Waals surface area contributed by atoms with Gasteiger partial charge in [-0.25, -0.2) is 4.79 Å². The zero-order valence-corrected chi connectivity index (χ0v) is 15.3. The van der Waals surface area contributed by atoms with Gasteiger partial charge in [0.2, 0.25) is 5.85 Å². The Morgan fingerprint density at radius 1 is 0.960 bits per heavy atom. The first-order valence-electron chi connectivity index (χ1n) is 7.62. The second-order valence-corrected chi connectivity index (χ2v) is 7.57. The van der Waals surface area contributed by atoms with Crippen molar-refractivity contribution in [1.82, 2.24) is 0 Å². The van der Waals surface area contributed by atoms with E-state index in [0.717, 1.165) is 5.56 Å². The maximum Gasteiger partial charge on any atom is 0.370 e. The van der Waals surface area contributed by atoms with E-state index in [2.05, 4.69) is 0 Å². The molecule has 0 amide bonds. The molecule has 0 unspecified atom stereocenters. The van der Waals surface area contributed by atoms with E-state index in [1.807, 2.05) is 0 Å². The molecule has 0 aromatic heterocycles. The third-order valence-corrected chi connectivity index (χ3v) is 5.69. The van der Waals surface area contributed by atoms with Crippen LogP contribution in [-0.2, 0) is 24.8 Å². The minimum atomic E-state index is -3.62. The Morgan fingerprint density at radius 3 is 2.08 bits per heavy atom. The van der Waals surface area contributed by atoms with Crippen molar-refractivity contribution in [3.8, 4) is 5.75 Å². The van der Waals surface area contributed by atoms with E-state index in [1.165, 1.54) is 14.2 Å². The van der Waals surface area contributed by atoms with E-state index in [0.29, 0.717) is 11.3 Å². The number of esters is 1. The molecule has 0 saturated carbocycles. The van der Waals surface area contributed by atoms with Crippen LogP contribution in [0.5, 0.6) is 5.75 Å². The predicted octanol–water partition coefficient (Wildman–Crippen LogP) is 3.91. The quantitative estimate of drug-likeness (QED) is 0.522. The first kappa shape index (κ1) is 19.2. The third kappa shape index (κ3) is 4.92. The van der Waals surface area contributed by atoms with Crippen molar-refractivity contribution in [1.29, 1.82) is 0 Å². The van der Waals surface area contributed by atoms with Gasteiger partial charge in [0.25, 0.3) is 0 Å². The van der Waals surface area contributed by atoms with Crippen LogP contribution >= 0.6 is 7.60 Å². The van der Waals surface area contributed by atoms with E-state index in [-0.39, 0.29) is 6.42 Å². The third-order valence-electron chi connectivity index (χ3n) is 3.68. The minimum absolute atomic E-state index is 0.182. The summed E-state index contributed by atoms with van der Waals surface area (Å²) in [7, 11) is 0.480. The van der Waals surface area contributed by atoms with Crippen molar-refractivity contribution in [2.75, 3.05) is 21.3 Å². The number of carbonyl (C=O) groups excluding carboxylic acids is 1.